The van der Waals surface area contributed by atoms with Crippen molar-refractivity contribution in [2.24, 2.45) is 0 Å². The first-order valence-electron chi connectivity index (χ1n) is 4.86. The van der Waals surface area contributed by atoms with Crippen molar-refractivity contribution in [1.82, 2.24) is 0 Å². The molecule has 0 N–H and O–H groups in total. The summed E-state index contributed by atoms with van der Waals surface area (Å²) >= 11 is 11.0. The van der Waals surface area contributed by atoms with Gasteiger partial charge in [0, 0.05) is 0 Å². The Bertz CT molecular complexity index is 437. The SMILES string of the molecule is ClC(Cl)Oc1ccc(-c2ccccc2)cc1. The number of benzene rings is 2. The van der Waals surface area contributed by atoms with Crippen LogP contribution in [0.1, 0.15) is 0 Å². The average Bonchev–Trinajstić information content (AvgIpc) is 2.30. The van der Waals surface area contributed by atoms with Crippen LogP contribution in [0.3, 0.4) is 0 Å². The van der Waals surface area contributed by atoms with Crippen LogP contribution in [-0.4, -0.2) is 5.02 Å². The van der Waals surface area contributed by atoms with Crippen LogP contribution in [0.2, 0.25) is 0 Å². The highest BCUT2D eigenvalue weighted by atomic mass is 35.5. The molecule has 0 spiro atoms. The minimum Gasteiger partial charge on any atom is -0.461 e. The molecule has 0 aliphatic rings. The Kier molecular flexibility index (Phi) is 3.70. The molecule has 2 rings (SSSR count). The van der Waals surface area contributed by atoms with Crippen molar-refractivity contribution < 1.29 is 4.74 Å². The Morgan fingerprint density at radius 2 is 1.31 bits per heavy atom. The van der Waals surface area contributed by atoms with E-state index >= 15 is 0 Å². The van der Waals surface area contributed by atoms with E-state index in [1.165, 1.54) is 5.56 Å². The third-order valence-corrected chi connectivity index (χ3v) is 2.36. The monoisotopic (exact) mass is 252 g/mol. The zero-order valence-corrected chi connectivity index (χ0v) is 9.95. The van der Waals surface area contributed by atoms with Crippen molar-refractivity contribution in [3.05, 3.63) is 54.6 Å². The van der Waals surface area contributed by atoms with Gasteiger partial charge >= 0.3 is 0 Å². The van der Waals surface area contributed by atoms with E-state index in [4.69, 9.17) is 27.9 Å². The van der Waals surface area contributed by atoms with Gasteiger partial charge in [-0.25, -0.2) is 0 Å². The molecule has 2 aromatic carbocycles. The smallest absolute Gasteiger partial charge is 0.247 e. The molecule has 3 heteroatoms. The standard InChI is InChI=1S/C13H10Cl2O/c14-13(15)16-12-8-6-11(7-9-12)10-4-2-1-3-5-10/h1-9,13H. The van der Waals surface area contributed by atoms with Gasteiger partial charge in [0.15, 0.2) is 0 Å². The number of halogens is 2. The molecule has 82 valence electrons. The highest BCUT2D eigenvalue weighted by Crippen LogP contribution is 2.23. The summed E-state index contributed by atoms with van der Waals surface area (Å²) in [5.74, 6) is 0.662. The molecule has 2 aromatic rings. The maximum Gasteiger partial charge on any atom is 0.247 e. The molecule has 0 atom stereocenters. The van der Waals surface area contributed by atoms with Crippen molar-refractivity contribution in [1.29, 1.82) is 0 Å². The van der Waals surface area contributed by atoms with Gasteiger partial charge < -0.3 is 4.74 Å². The van der Waals surface area contributed by atoms with Crippen LogP contribution in [0.15, 0.2) is 54.6 Å². The van der Waals surface area contributed by atoms with Gasteiger partial charge in [-0.2, -0.15) is 0 Å². The fraction of sp³-hybridized carbons (Fsp3) is 0.0769. The molecule has 0 heterocycles. The average molecular weight is 253 g/mol. The molecule has 16 heavy (non-hydrogen) atoms. The molecule has 0 aliphatic heterocycles. The van der Waals surface area contributed by atoms with E-state index in [9.17, 15) is 0 Å². The lowest BCUT2D eigenvalue weighted by atomic mass is 10.1. The summed E-state index contributed by atoms with van der Waals surface area (Å²) < 4.78 is 5.14. The summed E-state index contributed by atoms with van der Waals surface area (Å²) in [7, 11) is 0. The third-order valence-electron chi connectivity index (χ3n) is 2.19. The molecular formula is C13H10Cl2O. The molecule has 0 bridgehead atoms. The fourth-order valence-electron chi connectivity index (χ4n) is 1.46. The van der Waals surface area contributed by atoms with Gasteiger partial charge in [-0.05, 0) is 23.3 Å². The molecule has 0 aromatic heterocycles. The molecule has 0 saturated heterocycles. The summed E-state index contributed by atoms with van der Waals surface area (Å²) in [5, 5.41) is -0.831. The lowest BCUT2D eigenvalue weighted by Crippen LogP contribution is -1.98. The number of hydrogen-bond donors (Lipinski definition) is 0. The Morgan fingerprint density at radius 1 is 0.750 bits per heavy atom. The van der Waals surface area contributed by atoms with Crippen LogP contribution in [-0.2, 0) is 0 Å². The Balaban J connectivity index is 2.20. The van der Waals surface area contributed by atoms with Crippen molar-refractivity contribution in [2.75, 3.05) is 0 Å². The molecule has 0 radical (unpaired) electrons. The van der Waals surface area contributed by atoms with E-state index in [1.54, 1.807) is 0 Å². The number of rotatable bonds is 3. The molecule has 0 saturated carbocycles. The number of hydrogen-bond acceptors (Lipinski definition) is 1. The number of alkyl halides is 2. The maximum atomic E-state index is 5.51. The van der Waals surface area contributed by atoms with Crippen molar-refractivity contribution >= 4 is 23.2 Å². The Labute approximate surface area is 105 Å². The zero-order chi connectivity index (χ0) is 11.4. The van der Waals surface area contributed by atoms with E-state index in [0.717, 1.165) is 5.56 Å². The van der Waals surface area contributed by atoms with Gasteiger partial charge in [-0.1, -0.05) is 65.7 Å². The van der Waals surface area contributed by atoms with Crippen molar-refractivity contribution in [3.8, 4) is 16.9 Å². The molecule has 1 nitrogen and oxygen atoms in total. The predicted octanol–water partition coefficient (Wildman–Crippen LogP) is 4.49. The number of ether oxygens (including phenoxy) is 1. The highest BCUT2D eigenvalue weighted by molar-refractivity contribution is 6.43. The minimum atomic E-state index is -0.831. The second-order valence-corrected chi connectivity index (χ2v) is 4.29. The maximum absolute atomic E-state index is 5.51. The van der Waals surface area contributed by atoms with Crippen LogP contribution < -0.4 is 4.74 Å². The highest BCUT2D eigenvalue weighted by Gasteiger charge is 2.01. The summed E-state index contributed by atoms with van der Waals surface area (Å²) in [4.78, 5) is 0. The van der Waals surface area contributed by atoms with E-state index < -0.39 is 5.02 Å². The zero-order valence-electron chi connectivity index (χ0n) is 8.44. The largest absolute Gasteiger partial charge is 0.461 e. The van der Waals surface area contributed by atoms with Crippen molar-refractivity contribution in [2.45, 2.75) is 5.02 Å². The summed E-state index contributed by atoms with van der Waals surface area (Å²) in [6.45, 7) is 0. The first-order valence-corrected chi connectivity index (χ1v) is 5.73. The Hall–Kier alpha value is -1.18. The minimum absolute atomic E-state index is 0.662. The first-order chi connectivity index (χ1) is 7.75. The van der Waals surface area contributed by atoms with E-state index in [1.807, 2.05) is 42.5 Å². The molecule has 0 fully saturated rings. The molecule has 0 unspecified atom stereocenters. The van der Waals surface area contributed by atoms with Crippen LogP contribution in [0.4, 0.5) is 0 Å². The van der Waals surface area contributed by atoms with Crippen LogP contribution in [0.25, 0.3) is 11.1 Å². The second kappa shape index (κ2) is 5.24. The third kappa shape index (κ3) is 2.91. The first kappa shape index (κ1) is 11.3. The fourth-order valence-corrected chi connectivity index (χ4v) is 1.67. The quantitative estimate of drug-likeness (QED) is 0.732. The van der Waals surface area contributed by atoms with Crippen LogP contribution in [0.5, 0.6) is 5.75 Å². The van der Waals surface area contributed by atoms with Crippen LogP contribution >= 0.6 is 23.2 Å². The van der Waals surface area contributed by atoms with E-state index in [0.29, 0.717) is 5.75 Å². The lowest BCUT2D eigenvalue weighted by Gasteiger charge is -2.07. The summed E-state index contributed by atoms with van der Waals surface area (Å²) in [6, 6.07) is 17.8. The lowest BCUT2D eigenvalue weighted by molar-refractivity contribution is 0.354. The normalized spacial score (nSPS) is 10.4. The van der Waals surface area contributed by atoms with Gasteiger partial charge in [0.25, 0.3) is 0 Å². The van der Waals surface area contributed by atoms with Gasteiger partial charge in [0.1, 0.15) is 5.75 Å². The van der Waals surface area contributed by atoms with E-state index in [-0.39, 0.29) is 0 Å². The van der Waals surface area contributed by atoms with E-state index in [2.05, 4.69) is 12.1 Å². The van der Waals surface area contributed by atoms with Crippen LogP contribution in [0, 0.1) is 0 Å². The van der Waals surface area contributed by atoms with Gasteiger partial charge in [0.2, 0.25) is 5.02 Å². The summed E-state index contributed by atoms with van der Waals surface area (Å²) in [5.41, 5.74) is 2.30. The summed E-state index contributed by atoms with van der Waals surface area (Å²) in [6.07, 6.45) is 0. The topological polar surface area (TPSA) is 9.23 Å². The molecule has 0 amide bonds. The molecule has 0 aliphatic carbocycles. The van der Waals surface area contributed by atoms with Gasteiger partial charge in [-0.15, -0.1) is 0 Å². The van der Waals surface area contributed by atoms with Crippen molar-refractivity contribution in [3.63, 3.8) is 0 Å². The predicted molar refractivity (Wildman–Crippen MR) is 68.0 cm³/mol. The van der Waals surface area contributed by atoms with Gasteiger partial charge in [-0.3, -0.25) is 0 Å². The molecular weight excluding hydrogens is 243 g/mol. The Morgan fingerprint density at radius 3 is 1.88 bits per heavy atom. The van der Waals surface area contributed by atoms with Gasteiger partial charge in [0.05, 0.1) is 0 Å². The second-order valence-electron chi connectivity index (χ2n) is 3.27.